The van der Waals surface area contributed by atoms with Crippen molar-refractivity contribution < 1.29 is 4.39 Å². The second-order valence-corrected chi connectivity index (χ2v) is 5.70. The van der Waals surface area contributed by atoms with E-state index >= 15 is 0 Å². The van der Waals surface area contributed by atoms with E-state index in [9.17, 15) is 4.39 Å². The molecule has 0 aromatic heterocycles. The Hall–Kier alpha value is -1.42. The number of halogens is 2. The summed E-state index contributed by atoms with van der Waals surface area (Å²) in [6.07, 6.45) is 0. The molecule has 21 heavy (non-hydrogen) atoms. The largest absolute Gasteiger partial charge is 0.329 e. The van der Waals surface area contributed by atoms with Crippen molar-refractivity contribution in [3.05, 3.63) is 70.0 Å². The Balaban J connectivity index is 2.25. The molecule has 2 N–H and O–H groups in total. The fraction of sp³-hybridized carbons (Fsp3) is 0.294. The molecule has 0 aliphatic heterocycles. The average molecular weight is 307 g/mol. The van der Waals surface area contributed by atoms with Crippen molar-refractivity contribution in [1.29, 1.82) is 0 Å². The van der Waals surface area contributed by atoms with Crippen molar-refractivity contribution in [2.75, 3.05) is 13.6 Å². The molecule has 0 saturated heterocycles. The normalized spacial score (nSPS) is 12.7. The Bertz CT molecular complexity index is 595. The van der Waals surface area contributed by atoms with Crippen LogP contribution in [0.5, 0.6) is 0 Å². The number of likely N-dealkylation sites (N-methyl/N-ethyl adjacent to an activating group) is 1. The third-order valence-corrected chi connectivity index (χ3v) is 3.93. The van der Waals surface area contributed by atoms with Crippen molar-refractivity contribution in [2.24, 2.45) is 5.73 Å². The molecule has 2 rings (SSSR count). The minimum Gasteiger partial charge on any atom is -0.329 e. The lowest BCUT2D eigenvalue weighted by atomic mass is 10.0. The molecule has 2 nitrogen and oxygen atoms in total. The van der Waals surface area contributed by atoms with Gasteiger partial charge >= 0.3 is 0 Å². The van der Waals surface area contributed by atoms with Gasteiger partial charge in [-0.2, -0.15) is 0 Å². The standard InChI is InChI=1S/C17H20ClFN2/c1-12-5-3-6-13(9-12)11-21(2)16(10-20)17-14(18)7-4-8-15(17)19/h3-9,16H,10-11,20H2,1-2H3. The van der Waals surface area contributed by atoms with Gasteiger partial charge in [-0.05, 0) is 31.7 Å². The first kappa shape index (κ1) is 16.0. The first-order chi connectivity index (χ1) is 10.0. The summed E-state index contributed by atoms with van der Waals surface area (Å²) in [4.78, 5) is 2.03. The minimum absolute atomic E-state index is 0.251. The van der Waals surface area contributed by atoms with Gasteiger partial charge in [-0.15, -0.1) is 0 Å². The maximum absolute atomic E-state index is 14.1. The van der Waals surface area contributed by atoms with Crippen LogP contribution in [0.2, 0.25) is 5.02 Å². The van der Waals surface area contributed by atoms with Crippen molar-refractivity contribution >= 4 is 11.6 Å². The zero-order chi connectivity index (χ0) is 15.4. The van der Waals surface area contributed by atoms with Crippen LogP contribution in [0.25, 0.3) is 0 Å². The van der Waals surface area contributed by atoms with Crippen LogP contribution < -0.4 is 5.73 Å². The molecule has 0 amide bonds. The zero-order valence-electron chi connectivity index (χ0n) is 12.3. The number of hydrogen-bond acceptors (Lipinski definition) is 2. The van der Waals surface area contributed by atoms with Gasteiger partial charge in [0.25, 0.3) is 0 Å². The Morgan fingerprint density at radius 2 is 1.95 bits per heavy atom. The maximum Gasteiger partial charge on any atom is 0.129 e. The molecule has 0 fully saturated rings. The van der Waals surface area contributed by atoms with Crippen LogP contribution in [0.4, 0.5) is 4.39 Å². The van der Waals surface area contributed by atoms with E-state index in [4.69, 9.17) is 17.3 Å². The van der Waals surface area contributed by atoms with Crippen LogP contribution in [0.15, 0.2) is 42.5 Å². The summed E-state index contributed by atoms with van der Waals surface area (Å²) in [6, 6.07) is 12.7. The lowest BCUT2D eigenvalue weighted by Gasteiger charge is -2.28. The van der Waals surface area contributed by atoms with Gasteiger partial charge < -0.3 is 5.73 Å². The van der Waals surface area contributed by atoms with E-state index in [-0.39, 0.29) is 11.9 Å². The summed E-state index contributed by atoms with van der Waals surface area (Å²) in [6.45, 7) is 3.05. The van der Waals surface area contributed by atoms with Crippen LogP contribution in [0.3, 0.4) is 0 Å². The van der Waals surface area contributed by atoms with Crippen LogP contribution in [0.1, 0.15) is 22.7 Å². The van der Waals surface area contributed by atoms with Gasteiger partial charge in [0.05, 0.1) is 6.04 Å². The second kappa shape index (κ2) is 7.03. The highest BCUT2D eigenvalue weighted by molar-refractivity contribution is 6.31. The molecule has 0 bridgehead atoms. The van der Waals surface area contributed by atoms with Crippen molar-refractivity contribution in [3.8, 4) is 0 Å². The maximum atomic E-state index is 14.1. The Kier molecular flexibility index (Phi) is 5.34. The molecule has 1 unspecified atom stereocenters. The van der Waals surface area contributed by atoms with E-state index in [0.717, 1.165) is 0 Å². The van der Waals surface area contributed by atoms with Gasteiger partial charge in [0.2, 0.25) is 0 Å². The summed E-state index contributed by atoms with van der Waals surface area (Å²) in [7, 11) is 1.93. The molecule has 4 heteroatoms. The topological polar surface area (TPSA) is 29.3 Å². The van der Waals surface area contributed by atoms with E-state index in [2.05, 4.69) is 25.1 Å². The molecule has 0 saturated carbocycles. The van der Waals surface area contributed by atoms with Crippen LogP contribution >= 0.6 is 11.6 Å². The molecule has 0 spiro atoms. The monoisotopic (exact) mass is 306 g/mol. The van der Waals surface area contributed by atoms with Gasteiger partial charge in [-0.3, -0.25) is 4.90 Å². The lowest BCUT2D eigenvalue weighted by molar-refractivity contribution is 0.237. The fourth-order valence-electron chi connectivity index (χ4n) is 2.56. The third-order valence-electron chi connectivity index (χ3n) is 3.60. The summed E-state index contributed by atoms with van der Waals surface area (Å²) >= 11 is 6.15. The van der Waals surface area contributed by atoms with E-state index in [1.54, 1.807) is 12.1 Å². The molecular weight excluding hydrogens is 287 g/mol. The lowest BCUT2D eigenvalue weighted by Crippen LogP contribution is -2.31. The van der Waals surface area contributed by atoms with Crippen molar-refractivity contribution in [2.45, 2.75) is 19.5 Å². The van der Waals surface area contributed by atoms with Crippen LogP contribution in [-0.4, -0.2) is 18.5 Å². The summed E-state index contributed by atoms with van der Waals surface area (Å²) in [5.41, 5.74) is 8.70. The highest BCUT2D eigenvalue weighted by atomic mass is 35.5. The zero-order valence-corrected chi connectivity index (χ0v) is 13.1. The van der Waals surface area contributed by atoms with Crippen LogP contribution in [0, 0.1) is 12.7 Å². The SMILES string of the molecule is Cc1cccc(CN(C)C(CN)c2c(F)cccc2Cl)c1. The molecule has 0 aliphatic rings. The van der Waals surface area contributed by atoms with E-state index in [1.807, 2.05) is 18.0 Å². The number of nitrogens with two attached hydrogens (primary N) is 1. The average Bonchev–Trinajstić information content (AvgIpc) is 2.43. The molecule has 0 radical (unpaired) electrons. The predicted octanol–water partition coefficient (Wildman–Crippen LogP) is 3.92. The molecule has 0 heterocycles. The summed E-state index contributed by atoms with van der Waals surface area (Å²) < 4.78 is 14.1. The van der Waals surface area contributed by atoms with Gasteiger partial charge in [0.15, 0.2) is 0 Å². The molecule has 1 atom stereocenters. The molecular formula is C17H20ClFN2. The molecule has 2 aromatic rings. The molecule has 2 aromatic carbocycles. The highest BCUT2D eigenvalue weighted by Gasteiger charge is 2.21. The van der Waals surface area contributed by atoms with Gasteiger partial charge in [0.1, 0.15) is 5.82 Å². The van der Waals surface area contributed by atoms with Gasteiger partial charge in [0, 0.05) is 23.7 Å². The molecule has 112 valence electrons. The Labute approximate surface area is 130 Å². The van der Waals surface area contributed by atoms with E-state index in [0.29, 0.717) is 23.7 Å². The third kappa shape index (κ3) is 3.82. The number of hydrogen-bond donors (Lipinski definition) is 1. The van der Waals surface area contributed by atoms with E-state index < -0.39 is 0 Å². The fourth-order valence-corrected chi connectivity index (χ4v) is 2.84. The van der Waals surface area contributed by atoms with Crippen molar-refractivity contribution in [3.63, 3.8) is 0 Å². The smallest absolute Gasteiger partial charge is 0.129 e. The quantitative estimate of drug-likeness (QED) is 0.907. The first-order valence-electron chi connectivity index (χ1n) is 6.92. The number of rotatable bonds is 5. The number of nitrogens with zero attached hydrogens (tertiary/aromatic N) is 1. The number of aryl methyl sites for hydroxylation is 1. The van der Waals surface area contributed by atoms with Crippen LogP contribution in [-0.2, 0) is 6.54 Å². The van der Waals surface area contributed by atoms with Crippen molar-refractivity contribution in [1.82, 2.24) is 4.90 Å². The summed E-state index contributed by atoms with van der Waals surface area (Å²) in [5, 5.41) is 0.418. The number of benzene rings is 2. The molecule has 0 aliphatic carbocycles. The second-order valence-electron chi connectivity index (χ2n) is 5.29. The first-order valence-corrected chi connectivity index (χ1v) is 7.30. The predicted molar refractivity (Wildman–Crippen MR) is 85.9 cm³/mol. The van der Waals surface area contributed by atoms with Gasteiger partial charge in [-0.25, -0.2) is 4.39 Å². The Morgan fingerprint density at radius 1 is 1.24 bits per heavy atom. The van der Waals surface area contributed by atoms with Gasteiger partial charge in [-0.1, -0.05) is 47.5 Å². The summed E-state index contributed by atoms with van der Waals surface area (Å²) in [5.74, 6) is -0.311. The Morgan fingerprint density at radius 3 is 2.57 bits per heavy atom. The minimum atomic E-state index is -0.311. The highest BCUT2D eigenvalue weighted by Crippen LogP contribution is 2.29. The van der Waals surface area contributed by atoms with E-state index in [1.165, 1.54) is 17.2 Å².